The summed E-state index contributed by atoms with van der Waals surface area (Å²) in [4.78, 5) is 4.17. The molecule has 0 unspecified atom stereocenters. The largest absolute Gasteiger partial charge is 0.493 e. The Labute approximate surface area is 152 Å². The summed E-state index contributed by atoms with van der Waals surface area (Å²) >= 11 is 3.54. The van der Waals surface area contributed by atoms with Gasteiger partial charge >= 0.3 is 0 Å². The summed E-state index contributed by atoms with van der Waals surface area (Å²) in [6.45, 7) is 4.77. The van der Waals surface area contributed by atoms with Gasteiger partial charge in [0.1, 0.15) is 0 Å². The molecule has 0 atom stereocenters. The molecule has 0 spiro atoms. The van der Waals surface area contributed by atoms with Gasteiger partial charge in [-0.05, 0) is 31.5 Å². The van der Waals surface area contributed by atoms with E-state index in [1.807, 2.05) is 12.1 Å². The Kier molecular flexibility index (Phi) is 9.76. The van der Waals surface area contributed by atoms with Crippen LogP contribution in [0.25, 0.3) is 0 Å². The smallest absolute Gasteiger partial charge is 0.191 e. The number of rotatable bonds is 5. The maximum Gasteiger partial charge on any atom is 0.191 e. The molecule has 0 radical (unpaired) electrons. The van der Waals surface area contributed by atoms with Crippen LogP contribution < -0.4 is 20.1 Å². The number of halogens is 2. The molecule has 2 N–H and O–H groups in total. The van der Waals surface area contributed by atoms with E-state index in [0.29, 0.717) is 24.1 Å². The van der Waals surface area contributed by atoms with Crippen molar-refractivity contribution in [3.8, 4) is 11.5 Å². The van der Waals surface area contributed by atoms with E-state index in [0.717, 1.165) is 16.0 Å². The molecule has 7 heteroatoms. The van der Waals surface area contributed by atoms with Crippen LogP contribution in [0.4, 0.5) is 0 Å². The van der Waals surface area contributed by atoms with Crippen molar-refractivity contribution in [2.24, 2.45) is 4.99 Å². The van der Waals surface area contributed by atoms with E-state index < -0.39 is 0 Å². The number of guanidine groups is 1. The number of benzene rings is 1. The Morgan fingerprint density at radius 1 is 1.24 bits per heavy atom. The first-order valence-electron chi connectivity index (χ1n) is 6.39. The van der Waals surface area contributed by atoms with Crippen molar-refractivity contribution in [1.82, 2.24) is 10.6 Å². The highest BCUT2D eigenvalue weighted by Gasteiger charge is 2.10. The van der Waals surface area contributed by atoms with E-state index in [-0.39, 0.29) is 24.0 Å². The highest BCUT2D eigenvalue weighted by molar-refractivity contribution is 14.0. The molecule has 0 bridgehead atoms. The lowest BCUT2D eigenvalue weighted by Crippen LogP contribution is -2.40. The lowest BCUT2D eigenvalue weighted by Gasteiger charge is -2.16. The van der Waals surface area contributed by atoms with Crippen LogP contribution in [0.2, 0.25) is 0 Å². The standard InChI is InChI=1S/C14H22BrN3O2.HI/c1-9(2)18-14(16-3)17-8-10-6-12(19-4)13(20-5)7-11(10)15;/h6-7,9H,8H2,1-5H3,(H2,16,17,18);1H. The Morgan fingerprint density at radius 2 is 1.81 bits per heavy atom. The summed E-state index contributed by atoms with van der Waals surface area (Å²) in [5.41, 5.74) is 1.06. The zero-order chi connectivity index (χ0) is 15.1. The second-order valence-electron chi connectivity index (χ2n) is 4.52. The molecule has 0 saturated heterocycles. The Balaban J connectivity index is 0.00000400. The number of hydrogen-bond acceptors (Lipinski definition) is 3. The van der Waals surface area contributed by atoms with Crippen molar-refractivity contribution < 1.29 is 9.47 Å². The van der Waals surface area contributed by atoms with Gasteiger partial charge in [-0.15, -0.1) is 24.0 Å². The quantitative estimate of drug-likeness (QED) is 0.393. The Morgan fingerprint density at radius 3 is 2.29 bits per heavy atom. The molecule has 0 amide bonds. The van der Waals surface area contributed by atoms with Gasteiger partial charge in [-0.25, -0.2) is 0 Å². The number of aliphatic imine (C=N–C) groups is 1. The molecule has 1 aromatic carbocycles. The van der Waals surface area contributed by atoms with Crippen LogP contribution in [0.5, 0.6) is 11.5 Å². The van der Waals surface area contributed by atoms with Crippen LogP contribution in [0.3, 0.4) is 0 Å². The fourth-order valence-electron chi connectivity index (χ4n) is 1.68. The fraction of sp³-hybridized carbons (Fsp3) is 0.500. The van der Waals surface area contributed by atoms with Crippen molar-refractivity contribution in [2.75, 3.05) is 21.3 Å². The van der Waals surface area contributed by atoms with Crippen LogP contribution >= 0.6 is 39.9 Å². The molecule has 0 heterocycles. The highest BCUT2D eigenvalue weighted by Crippen LogP contribution is 2.33. The minimum atomic E-state index is 0. The van der Waals surface area contributed by atoms with E-state index >= 15 is 0 Å². The van der Waals surface area contributed by atoms with E-state index in [9.17, 15) is 0 Å². The second-order valence-corrected chi connectivity index (χ2v) is 5.38. The van der Waals surface area contributed by atoms with Crippen molar-refractivity contribution in [2.45, 2.75) is 26.4 Å². The van der Waals surface area contributed by atoms with Gasteiger partial charge in [-0.3, -0.25) is 4.99 Å². The molecule has 0 aliphatic carbocycles. The first kappa shape index (κ1) is 20.3. The third-order valence-electron chi connectivity index (χ3n) is 2.65. The third-order valence-corrected chi connectivity index (χ3v) is 3.39. The summed E-state index contributed by atoms with van der Waals surface area (Å²) in [6, 6.07) is 4.17. The van der Waals surface area contributed by atoms with Gasteiger partial charge in [-0.2, -0.15) is 0 Å². The lowest BCUT2D eigenvalue weighted by atomic mass is 10.2. The molecule has 0 saturated carbocycles. The van der Waals surface area contributed by atoms with Crippen LogP contribution in [0.15, 0.2) is 21.6 Å². The van der Waals surface area contributed by atoms with Crippen molar-refractivity contribution in [3.05, 3.63) is 22.2 Å². The molecule has 0 aliphatic heterocycles. The molecule has 21 heavy (non-hydrogen) atoms. The number of methoxy groups -OCH3 is 2. The number of ether oxygens (including phenoxy) is 2. The van der Waals surface area contributed by atoms with Crippen LogP contribution in [0, 0.1) is 0 Å². The number of nitrogens with one attached hydrogen (secondary N) is 2. The van der Waals surface area contributed by atoms with Gasteiger partial charge in [0, 0.05) is 24.1 Å². The molecule has 1 aromatic rings. The second kappa shape index (κ2) is 10.1. The summed E-state index contributed by atoms with van der Waals surface area (Å²) in [5, 5.41) is 6.50. The molecule has 1 rings (SSSR count). The monoisotopic (exact) mass is 471 g/mol. The molecule has 120 valence electrons. The lowest BCUT2D eigenvalue weighted by molar-refractivity contribution is 0.354. The normalized spacial score (nSPS) is 10.9. The minimum absolute atomic E-state index is 0. The first-order chi connectivity index (χ1) is 9.51. The number of hydrogen-bond donors (Lipinski definition) is 2. The maximum absolute atomic E-state index is 5.31. The van der Waals surface area contributed by atoms with Crippen molar-refractivity contribution >= 4 is 45.9 Å². The van der Waals surface area contributed by atoms with E-state index in [1.165, 1.54) is 0 Å². The molecule has 0 aromatic heterocycles. The Bertz CT molecular complexity index is 482. The molecule has 5 nitrogen and oxygen atoms in total. The fourth-order valence-corrected chi connectivity index (χ4v) is 2.14. The van der Waals surface area contributed by atoms with Crippen LogP contribution in [-0.4, -0.2) is 33.3 Å². The summed E-state index contributed by atoms with van der Waals surface area (Å²) in [6.07, 6.45) is 0. The maximum atomic E-state index is 5.31. The zero-order valence-corrected chi connectivity index (χ0v) is 16.9. The molecular weight excluding hydrogens is 449 g/mol. The number of nitrogens with zero attached hydrogens (tertiary/aromatic N) is 1. The average Bonchev–Trinajstić information content (AvgIpc) is 2.43. The summed E-state index contributed by atoms with van der Waals surface area (Å²) < 4.78 is 11.5. The van der Waals surface area contributed by atoms with E-state index in [4.69, 9.17) is 9.47 Å². The van der Waals surface area contributed by atoms with Gasteiger partial charge in [0.05, 0.1) is 14.2 Å². The molecule has 0 fully saturated rings. The van der Waals surface area contributed by atoms with E-state index in [1.54, 1.807) is 21.3 Å². The predicted molar refractivity (Wildman–Crippen MR) is 101 cm³/mol. The van der Waals surface area contributed by atoms with Gasteiger partial charge in [0.25, 0.3) is 0 Å². The first-order valence-corrected chi connectivity index (χ1v) is 7.18. The predicted octanol–water partition coefficient (Wildman–Crippen LogP) is 3.16. The van der Waals surface area contributed by atoms with Crippen LogP contribution in [-0.2, 0) is 6.54 Å². The third kappa shape index (κ3) is 6.29. The highest BCUT2D eigenvalue weighted by atomic mass is 127. The van der Waals surface area contributed by atoms with Gasteiger partial charge in [-0.1, -0.05) is 15.9 Å². The topological polar surface area (TPSA) is 54.9 Å². The van der Waals surface area contributed by atoms with Gasteiger partial charge < -0.3 is 20.1 Å². The Hall–Kier alpha value is -0.700. The summed E-state index contributed by atoms with van der Waals surface area (Å²) in [5.74, 6) is 2.17. The zero-order valence-electron chi connectivity index (χ0n) is 13.0. The SMILES string of the molecule is CN=C(NCc1cc(OC)c(OC)cc1Br)NC(C)C.I. The van der Waals surface area contributed by atoms with Crippen molar-refractivity contribution in [3.63, 3.8) is 0 Å². The van der Waals surface area contributed by atoms with Gasteiger partial charge in [0.2, 0.25) is 0 Å². The van der Waals surface area contributed by atoms with Gasteiger partial charge in [0.15, 0.2) is 17.5 Å². The van der Waals surface area contributed by atoms with Crippen LogP contribution in [0.1, 0.15) is 19.4 Å². The minimum Gasteiger partial charge on any atom is -0.493 e. The van der Waals surface area contributed by atoms with E-state index in [2.05, 4.69) is 45.4 Å². The molecular formula is C14H23BrIN3O2. The molecule has 0 aliphatic rings. The average molecular weight is 472 g/mol. The van der Waals surface area contributed by atoms with Crippen molar-refractivity contribution in [1.29, 1.82) is 0 Å². The summed E-state index contributed by atoms with van der Waals surface area (Å²) in [7, 11) is 5.00.